The fourth-order valence-corrected chi connectivity index (χ4v) is 2.14. The minimum atomic E-state index is -1.58. The predicted molar refractivity (Wildman–Crippen MR) is 57.4 cm³/mol. The van der Waals surface area contributed by atoms with Crippen molar-refractivity contribution in [2.75, 3.05) is 0 Å². The molecule has 0 radical (unpaired) electrons. The summed E-state index contributed by atoms with van der Waals surface area (Å²) in [5.74, 6) is -3.26. The number of carbonyl (C=O) groups is 4. The number of rotatable bonds is 7. The van der Waals surface area contributed by atoms with E-state index in [4.69, 9.17) is 10.4 Å². The third kappa shape index (κ3) is 6.79. The van der Waals surface area contributed by atoms with Gasteiger partial charge in [0.15, 0.2) is 0 Å². The van der Waals surface area contributed by atoms with Gasteiger partial charge in [0.05, 0.1) is 0 Å². The van der Waals surface area contributed by atoms with Gasteiger partial charge in [0.25, 0.3) is 0 Å². The van der Waals surface area contributed by atoms with E-state index in [0.717, 1.165) is 15.9 Å². The van der Waals surface area contributed by atoms with Crippen LogP contribution in [0.25, 0.3) is 0 Å². The molecule has 0 spiro atoms. The molecule has 2 atom stereocenters. The Balaban J connectivity index is 4.58. The molecule has 0 aliphatic heterocycles. The van der Waals surface area contributed by atoms with Crippen LogP contribution in [0.3, 0.4) is 0 Å². The van der Waals surface area contributed by atoms with Gasteiger partial charge in [0.2, 0.25) is 0 Å². The Morgan fingerprint density at radius 2 is 2.00 bits per heavy atom. The van der Waals surface area contributed by atoms with Crippen LogP contribution in [0.1, 0.15) is 20.3 Å². The second kappa shape index (κ2) is 8.29. The number of ether oxygens (including phenoxy) is 2. The number of carboxylic acid groups (broad SMARTS) is 1. The van der Waals surface area contributed by atoms with Gasteiger partial charge in [0.1, 0.15) is 0 Å². The van der Waals surface area contributed by atoms with E-state index in [1.54, 1.807) is 0 Å². The Morgan fingerprint density at radius 3 is 2.44 bits per heavy atom. The third-order valence-corrected chi connectivity index (χ3v) is 3.42. The van der Waals surface area contributed by atoms with Gasteiger partial charge in [-0.25, -0.2) is 0 Å². The molecule has 0 bridgehead atoms. The SMILES string of the molecule is [3H][I-]SC(=O)[C@H](C)OC(=O)[C@H](CC(=O)O)OC(C)=O. The van der Waals surface area contributed by atoms with Crippen molar-refractivity contribution in [3.05, 3.63) is 0 Å². The van der Waals surface area contributed by atoms with Gasteiger partial charge >= 0.3 is 120 Å². The second-order valence-corrected chi connectivity index (χ2v) is 5.05. The number of esters is 2. The van der Waals surface area contributed by atoms with E-state index in [2.05, 4.69) is 4.74 Å². The molecule has 0 aliphatic rings. The topological polar surface area (TPSA) is 107 Å². The first-order chi connectivity index (χ1) is 8.77. The first kappa shape index (κ1) is 15.2. The zero-order chi connectivity index (χ0) is 15.0. The van der Waals surface area contributed by atoms with Gasteiger partial charge in [-0.05, 0) is 0 Å². The van der Waals surface area contributed by atoms with E-state index in [1.807, 2.05) is 0 Å². The molecule has 0 unspecified atom stereocenters. The molecule has 7 nitrogen and oxygen atoms in total. The first-order valence-electron chi connectivity index (χ1n) is 5.07. The molecule has 104 valence electrons. The van der Waals surface area contributed by atoms with Crippen molar-refractivity contribution in [1.29, 1.82) is 0.594 Å². The summed E-state index contributed by atoms with van der Waals surface area (Å²) >= 11 is -1.09. The molecule has 0 heterocycles. The van der Waals surface area contributed by atoms with E-state index in [0.29, 0.717) is 0 Å². The normalized spacial score (nSPS) is 14.2. The van der Waals surface area contributed by atoms with E-state index in [1.165, 1.54) is 6.92 Å². The molecule has 0 aromatic carbocycles. The van der Waals surface area contributed by atoms with Crippen molar-refractivity contribution in [2.45, 2.75) is 32.5 Å². The molecule has 0 aliphatic carbocycles. The van der Waals surface area contributed by atoms with E-state index in [-0.39, 0.29) is 0 Å². The Morgan fingerprint density at radius 1 is 1.39 bits per heavy atom. The average molecular weight is 393 g/mol. The number of aliphatic carboxylic acids is 1. The summed E-state index contributed by atoms with van der Waals surface area (Å²) < 4.78 is 16.2. The summed E-state index contributed by atoms with van der Waals surface area (Å²) in [4.78, 5) is 44.2. The molecule has 0 aromatic rings. The Bertz CT molecular complexity index is 360. The van der Waals surface area contributed by atoms with Crippen molar-refractivity contribution >= 4 is 32.0 Å². The molecule has 0 aromatic heterocycles. The summed E-state index contributed by atoms with van der Waals surface area (Å²) in [6.07, 6.45) is -3.44. The molecule has 0 rings (SSSR count). The van der Waals surface area contributed by atoms with Crippen LogP contribution < -0.4 is 21.0 Å². The van der Waals surface area contributed by atoms with Gasteiger partial charge in [-0.1, -0.05) is 0 Å². The van der Waals surface area contributed by atoms with Crippen molar-refractivity contribution in [3.63, 3.8) is 0 Å². The average Bonchev–Trinajstić information content (AvgIpc) is 2.26. The van der Waals surface area contributed by atoms with Gasteiger partial charge < -0.3 is 0 Å². The maximum atomic E-state index is 11.6. The van der Waals surface area contributed by atoms with Crippen LogP contribution in [0.2, 0.25) is 0 Å². The fourth-order valence-electron chi connectivity index (χ4n) is 0.893. The quantitative estimate of drug-likeness (QED) is 0.356. The Kier molecular flexibility index (Phi) is 7.01. The van der Waals surface area contributed by atoms with E-state index >= 15 is 0 Å². The van der Waals surface area contributed by atoms with Crippen LogP contribution in [0.4, 0.5) is 0 Å². The third-order valence-electron chi connectivity index (χ3n) is 1.63. The maximum absolute atomic E-state index is 11.6. The standard InChI is InChI=1S/C9H12IO7S/c1-4(9(15)18-10)16-8(14)6(3-7(12)13)17-5(2)11/h4,6,10H,3H2,1-2H3,(H,12,13)/q-1/t4-,6-/m0/s1/i10T. The molecule has 0 fully saturated rings. The molecular weight excluding hydrogens is 379 g/mol. The van der Waals surface area contributed by atoms with Crippen molar-refractivity contribution in [2.24, 2.45) is 0 Å². The Labute approximate surface area is 120 Å². The van der Waals surface area contributed by atoms with Gasteiger partial charge in [-0.15, -0.1) is 0 Å². The molecule has 0 amide bonds. The van der Waals surface area contributed by atoms with Gasteiger partial charge in [-0.2, -0.15) is 0 Å². The molecule has 18 heavy (non-hydrogen) atoms. The number of hydrogen-bond acceptors (Lipinski definition) is 7. The summed E-state index contributed by atoms with van der Waals surface area (Å²) in [6, 6.07) is 0. The minimum absolute atomic E-state index is 0.493. The van der Waals surface area contributed by atoms with Gasteiger partial charge in [-0.3, -0.25) is 0 Å². The molecule has 1 N–H and O–H groups in total. The van der Waals surface area contributed by atoms with E-state index < -0.39 is 62.7 Å². The van der Waals surface area contributed by atoms with Crippen molar-refractivity contribution in [3.8, 4) is 0 Å². The van der Waals surface area contributed by atoms with Crippen LogP contribution in [0.5, 0.6) is 0 Å². The van der Waals surface area contributed by atoms with E-state index in [9.17, 15) is 19.2 Å². The zero-order valence-electron chi connectivity index (χ0n) is 10.5. The summed E-state index contributed by atoms with van der Waals surface area (Å²) in [6.45, 7) is 2.33. The molecule has 0 saturated heterocycles. The second-order valence-electron chi connectivity index (χ2n) is 3.17. The molecule has 0 saturated carbocycles. The number of hydrogen-bond donors (Lipinski definition) is 1. The number of carboxylic acids is 1. The van der Waals surface area contributed by atoms with Crippen LogP contribution >= 0.6 is 8.93 Å². The monoisotopic (exact) mass is 393 g/mol. The van der Waals surface area contributed by atoms with Crippen LogP contribution in [0, 0.1) is 0 Å². The summed E-state index contributed by atoms with van der Waals surface area (Å²) in [7, 11) is 0.757. The fraction of sp³-hybridized carbons (Fsp3) is 0.556. The van der Waals surface area contributed by atoms with Crippen molar-refractivity contribution < 1.29 is 54.8 Å². The van der Waals surface area contributed by atoms with Gasteiger partial charge in [0, 0.05) is 0 Å². The predicted octanol–water partition coefficient (Wildman–Crippen LogP) is -3.22. The summed E-state index contributed by atoms with van der Waals surface area (Å²) in [5.41, 5.74) is 0. The van der Waals surface area contributed by atoms with Crippen molar-refractivity contribution in [1.82, 2.24) is 0 Å². The Hall–Kier alpha value is -0.840. The van der Waals surface area contributed by atoms with Crippen LogP contribution in [-0.2, 0) is 28.7 Å². The zero-order valence-corrected chi connectivity index (χ0v) is 12.5. The molecular formula is C9H12IO7S-. The molecule has 9 heteroatoms. The van der Waals surface area contributed by atoms with Crippen LogP contribution in [-0.4, -0.2) is 40.9 Å². The van der Waals surface area contributed by atoms with Crippen LogP contribution in [0.15, 0.2) is 0 Å². The first-order valence-corrected chi connectivity index (χ1v) is 8.05. The number of carbonyl (C=O) groups excluding carboxylic acids is 3. The number of halogens is 1. The summed E-state index contributed by atoms with van der Waals surface area (Å²) in [5, 5.41) is 8.09.